The molecule has 0 bridgehead atoms. The summed E-state index contributed by atoms with van der Waals surface area (Å²) < 4.78 is 0. The fourth-order valence-electron chi connectivity index (χ4n) is 2.57. The van der Waals surface area contributed by atoms with E-state index in [1.54, 1.807) is 6.20 Å². The quantitative estimate of drug-likeness (QED) is 0.924. The molecule has 23 heavy (non-hydrogen) atoms. The summed E-state index contributed by atoms with van der Waals surface area (Å²) in [4.78, 5) is 33.4. The molecule has 0 aromatic carbocycles. The Bertz CT molecular complexity index is 778. The maximum atomic E-state index is 12.3. The van der Waals surface area contributed by atoms with Crippen molar-refractivity contribution in [1.82, 2.24) is 24.9 Å². The molecule has 2 aromatic heterocycles. The molecule has 0 unspecified atom stereocenters. The van der Waals surface area contributed by atoms with Crippen LogP contribution in [0.4, 0.5) is 5.95 Å². The van der Waals surface area contributed by atoms with E-state index in [0.29, 0.717) is 11.7 Å². The van der Waals surface area contributed by atoms with E-state index in [2.05, 4.69) is 30.2 Å². The number of nitrogens with one attached hydrogen (secondary N) is 1. The van der Waals surface area contributed by atoms with Gasteiger partial charge >= 0.3 is 0 Å². The highest BCUT2D eigenvalue weighted by Gasteiger charge is 2.46. The number of hydrogen-bond acceptors (Lipinski definition) is 6. The highest BCUT2D eigenvalue weighted by molar-refractivity contribution is 6.28. The number of carbonyl (C=O) groups excluding carboxylic acids is 1. The molecule has 2 saturated carbocycles. The van der Waals surface area contributed by atoms with Gasteiger partial charge in [0.15, 0.2) is 0 Å². The number of nitrogens with zero attached hydrogens (tertiary/aromatic N) is 5. The van der Waals surface area contributed by atoms with E-state index in [1.807, 2.05) is 13.0 Å². The van der Waals surface area contributed by atoms with Gasteiger partial charge in [0.05, 0.1) is 0 Å². The van der Waals surface area contributed by atoms with Gasteiger partial charge in [-0.25, -0.2) is 15.0 Å². The minimum absolute atomic E-state index is 0.0649. The number of carbonyl (C=O) groups is 1. The first kappa shape index (κ1) is 14.4. The van der Waals surface area contributed by atoms with Gasteiger partial charge < -0.3 is 0 Å². The van der Waals surface area contributed by atoms with Gasteiger partial charge in [0.1, 0.15) is 11.6 Å². The van der Waals surface area contributed by atoms with Crippen LogP contribution in [0.2, 0.25) is 5.28 Å². The second-order valence-corrected chi connectivity index (χ2v) is 6.39. The molecule has 8 heteroatoms. The van der Waals surface area contributed by atoms with E-state index in [1.165, 1.54) is 0 Å². The third kappa shape index (κ3) is 3.14. The predicted octanol–water partition coefficient (Wildman–Crippen LogP) is 2.24. The highest BCUT2D eigenvalue weighted by atomic mass is 35.5. The topological polar surface area (TPSA) is 93.6 Å². The lowest BCUT2D eigenvalue weighted by Crippen LogP contribution is -2.18. The summed E-state index contributed by atoms with van der Waals surface area (Å²) in [6, 6.07) is 1.84. The molecule has 7 nitrogen and oxygen atoms in total. The fourth-order valence-corrected chi connectivity index (χ4v) is 2.73. The SMILES string of the molecule is Cc1ccnc([C@H]2C[C@@H]2C(=O)Nc2nc(Cl)nc(C3CC3)n2)n1. The zero-order chi connectivity index (χ0) is 16.0. The van der Waals surface area contributed by atoms with Crippen molar-refractivity contribution in [3.05, 3.63) is 34.9 Å². The van der Waals surface area contributed by atoms with E-state index in [0.717, 1.165) is 30.8 Å². The Morgan fingerprint density at radius 3 is 2.78 bits per heavy atom. The van der Waals surface area contributed by atoms with Crippen molar-refractivity contribution < 1.29 is 4.79 Å². The second-order valence-electron chi connectivity index (χ2n) is 6.05. The van der Waals surface area contributed by atoms with Crippen LogP contribution in [-0.4, -0.2) is 30.8 Å². The van der Waals surface area contributed by atoms with Gasteiger partial charge in [-0.05, 0) is 43.9 Å². The minimum atomic E-state index is -0.142. The van der Waals surface area contributed by atoms with Crippen LogP contribution in [0.3, 0.4) is 0 Å². The predicted molar refractivity (Wildman–Crippen MR) is 83.1 cm³/mol. The summed E-state index contributed by atoms with van der Waals surface area (Å²) in [5, 5.41) is 2.86. The summed E-state index contributed by atoms with van der Waals surface area (Å²) in [5.74, 6) is 1.76. The molecule has 2 aliphatic rings. The van der Waals surface area contributed by atoms with Crippen LogP contribution in [0, 0.1) is 12.8 Å². The van der Waals surface area contributed by atoms with Gasteiger partial charge in [-0.2, -0.15) is 9.97 Å². The van der Waals surface area contributed by atoms with Crippen molar-refractivity contribution in [1.29, 1.82) is 0 Å². The molecule has 0 spiro atoms. The largest absolute Gasteiger partial charge is 0.294 e. The average Bonchev–Trinajstić information content (AvgIpc) is 3.38. The van der Waals surface area contributed by atoms with Gasteiger partial charge in [0.25, 0.3) is 0 Å². The first-order valence-electron chi connectivity index (χ1n) is 7.62. The monoisotopic (exact) mass is 330 g/mol. The molecule has 4 rings (SSSR count). The molecule has 1 N–H and O–H groups in total. The lowest BCUT2D eigenvalue weighted by atomic mass is 10.2. The molecule has 0 saturated heterocycles. The summed E-state index contributed by atoms with van der Waals surface area (Å²) >= 11 is 5.91. The van der Waals surface area contributed by atoms with E-state index in [4.69, 9.17) is 11.6 Å². The summed E-state index contributed by atoms with van der Waals surface area (Å²) in [7, 11) is 0. The Balaban J connectivity index is 1.45. The van der Waals surface area contributed by atoms with Crippen molar-refractivity contribution >= 4 is 23.5 Å². The maximum Gasteiger partial charge on any atom is 0.234 e. The first-order chi connectivity index (χ1) is 11.1. The minimum Gasteiger partial charge on any atom is -0.294 e. The second kappa shape index (κ2) is 5.49. The lowest BCUT2D eigenvalue weighted by molar-refractivity contribution is -0.117. The normalized spacial score (nSPS) is 22.7. The van der Waals surface area contributed by atoms with Gasteiger partial charge in [-0.15, -0.1) is 0 Å². The number of anilines is 1. The molecule has 2 heterocycles. The lowest BCUT2D eigenvalue weighted by Gasteiger charge is -2.05. The smallest absolute Gasteiger partial charge is 0.234 e. The zero-order valence-corrected chi connectivity index (χ0v) is 13.3. The molecule has 2 fully saturated rings. The summed E-state index contributed by atoms with van der Waals surface area (Å²) in [6.45, 7) is 1.91. The van der Waals surface area contributed by atoms with Gasteiger partial charge in [-0.3, -0.25) is 10.1 Å². The first-order valence-corrected chi connectivity index (χ1v) is 8.00. The van der Waals surface area contributed by atoms with E-state index < -0.39 is 0 Å². The standard InChI is InChI=1S/C15H15ClN6O/c1-7-4-5-17-12(18-7)9-6-10(9)13(23)21-15-20-11(8-2-3-8)19-14(16)22-15/h4-5,8-10H,2-3,6H2,1H3,(H,19,20,21,22,23)/t9-,10-/m0/s1. The van der Waals surface area contributed by atoms with Crippen LogP contribution in [-0.2, 0) is 4.79 Å². The number of amides is 1. The van der Waals surface area contributed by atoms with E-state index in [9.17, 15) is 4.79 Å². The van der Waals surface area contributed by atoms with E-state index >= 15 is 0 Å². The molecule has 2 aliphatic carbocycles. The van der Waals surface area contributed by atoms with Crippen molar-refractivity contribution in [2.75, 3.05) is 5.32 Å². The van der Waals surface area contributed by atoms with Crippen molar-refractivity contribution in [3.63, 3.8) is 0 Å². The molecular formula is C15H15ClN6O. The molecule has 2 atom stereocenters. The van der Waals surface area contributed by atoms with E-state index in [-0.39, 0.29) is 29.0 Å². The third-order valence-electron chi connectivity index (χ3n) is 4.08. The Morgan fingerprint density at radius 1 is 1.22 bits per heavy atom. The number of halogens is 1. The Labute approximate surface area is 138 Å². The van der Waals surface area contributed by atoms with Crippen molar-refractivity contribution in [3.8, 4) is 0 Å². The average molecular weight is 331 g/mol. The highest BCUT2D eigenvalue weighted by Crippen LogP contribution is 2.46. The van der Waals surface area contributed by atoms with Crippen molar-refractivity contribution in [2.45, 2.75) is 38.0 Å². The zero-order valence-electron chi connectivity index (χ0n) is 12.5. The van der Waals surface area contributed by atoms with Crippen LogP contribution in [0.5, 0.6) is 0 Å². The number of aromatic nitrogens is 5. The Morgan fingerprint density at radius 2 is 2.04 bits per heavy atom. The Kier molecular flexibility index (Phi) is 3.45. The fraction of sp³-hybridized carbons (Fsp3) is 0.467. The summed E-state index contributed by atoms with van der Waals surface area (Å²) in [5.41, 5.74) is 0.902. The van der Waals surface area contributed by atoms with Crippen LogP contribution in [0.1, 0.15) is 48.4 Å². The van der Waals surface area contributed by atoms with Crippen LogP contribution in [0.25, 0.3) is 0 Å². The van der Waals surface area contributed by atoms with Gasteiger partial charge in [-0.1, -0.05) is 0 Å². The maximum absolute atomic E-state index is 12.3. The van der Waals surface area contributed by atoms with Gasteiger partial charge in [0.2, 0.25) is 17.1 Å². The summed E-state index contributed by atoms with van der Waals surface area (Å²) in [6.07, 6.45) is 4.58. The number of aryl methyl sites for hydroxylation is 1. The molecule has 118 valence electrons. The molecule has 2 aromatic rings. The van der Waals surface area contributed by atoms with Gasteiger partial charge in [0, 0.05) is 29.6 Å². The number of hydrogen-bond donors (Lipinski definition) is 1. The third-order valence-corrected chi connectivity index (χ3v) is 4.24. The number of rotatable bonds is 4. The molecular weight excluding hydrogens is 316 g/mol. The Hall–Kier alpha value is -2.15. The molecule has 0 aliphatic heterocycles. The van der Waals surface area contributed by atoms with Crippen LogP contribution < -0.4 is 5.32 Å². The van der Waals surface area contributed by atoms with Crippen molar-refractivity contribution in [2.24, 2.45) is 5.92 Å². The van der Waals surface area contributed by atoms with Crippen LogP contribution >= 0.6 is 11.6 Å². The van der Waals surface area contributed by atoms with Crippen LogP contribution in [0.15, 0.2) is 12.3 Å². The molecule has 0 radical (unpaired) electrons. The molecule has 1 amide bonds.